The van der Waals surface area contributed by atoms with Gasteiger partial charge in [-0.25, -0.2) is 4.98 Å². The van der Waals surface area contributed by atoms with Crippen molar-refractivity contribution in [3.05, 3.63) is 47.0 Å². The summed E-state index contributed by atoms with van der Waals surface area (Å²) in [7, 11) is 1.82. The number of rotatable bonds is 4. The Bertz CT molecular complexity index is 520. The Morgan fingerprint density at radius 1 is 1.41 bits per heavy atom. The van der Waals surface area contributed by atoms with Crippen molar-refractivity contribution in [2.24, 2.45) is 7.05 Å². The van der Waals surface area contributed by atoms with Crippen LogP contribution in [0, 0.1) is 0 Å². The minimum absolute atomic E-state index is 0.337. The number of hydrogen-bond donors (Lipinski definition) is 0. The van der Waals surface area contributed by atoms with E-state index in [0.29, 0.717) is 23.1 Å². The van der Waals surface area contributed by atoms with Gasteiger partial charge < -0.3 is 9.30 Å². The van der Waals surface area contributed by atoms with Crippen molar-refractivity contribution in [2.45, 2.75) is 6.61 Å². The summed E-state index contributed by atoms with van der Waals surface area (Å²) in [4.78, 5) is 14.6. The van der Waals surface area contributed by atoms with E-state index in [1.807, 2.05) is 7.05 Å². The molecule has 5 heteroatoms. The van der Waals surface area contributed by atoms with Crippen LogP contribution in [0.3, 0.4) is 0 Å². The van der Waals surface area contributed by atoms with E-state index in [0.717, 1.165) is 12.1 Å². The van der Waals surface area contributed by atoms with Gasteiger partial charge in [0.25, 0.3) is 0 Å². The fraction of sp³-hybridized carbons (Fsp3) is 0.167. The minimum Gasteiger partial charge on any atom is -0.486 e. The molecular weight excluding hydrogens is 240 g/mol. The van der Waals surface area contributed by atoms with Crippen LogP contribution in [-0.2, 0) is 13.7 Å². The first kappa shape index (κ1) is 11.7. The molecule has 0 amide bonds. The lowest BCUT2D eigenvalue weighted by molar-refractivity contribution is 0.112. The Morgan fingerprint density at radius 2 is 2.12 bits per heavy atom. The average molecular weight is 251 g/mol. The molecule has 0 fully saturated rings. The smallest absolute Gasteiger partial charge is 0.150 e. The lowest BCUT2D eigenvalue weighted by atomic mass is 10.2. The van der Waals surface area contributed by atoms with E-state index in [-0.39, 0.29) is 0 Å². The van der Waals surface area contributed by atoms with Gasteiger partial charge in [0.1, 0.15) is 29.6 Å². The molecule has 0 radical (unpaired) electrons. The molecule has 88 valence electrons. The number of aldehydes is 1. The molecule has 0 aliphatic rings. The Hall–Kier alpha value is -1.81. The number of aromatic nitrogens is 2. The van der Waals surface area contributed by atoms with E-state index >= 15 is 0 Å². The average Bonchev–Trinajstić information content (AvgIpc) is 2.68. The largest absolute Gasteiger partial charge is 0.486 e. The molecule has 0 aliphatic heterocycles. The number of carbonyl (C=O) groups is 1. The van der Waals surface area contributed by atoms with Crippen LogP contribution in [0.4, 0.5) is 0 Å². The molecule has 0 bridgehead atoms. The second-order valence-corrected chi connectivity index (χ2v) is 3.92. The summed E-state index contributed by atoms with van der Waals surface area (Å²) in [6.07, 6.45) is 2.37. The maximum atomic E-state index is 10.5. The molecule has 1 heterocycles. The third-order valence-electron chi connectivity index (χ3n) is 2.41. The highest BCUT2D eigenvalue weighted by Crippen LogP contribution is 2.14. The molecule has 17 heavy (non-hydrogen) atoms. The number of hydrogen-bond acceptors (Lipinski definition) is 3. The van der Waals surface area contributed by atoms with Gasteiger partial charge in [-0.2, -0.15) is 0 Å². The topological polar surface area (TPSA) is 44.1 Å². The van der Waals surface area contributed by atoms with E-state index in [1.54, 1.807) is 35.0 Å². The summed E-state index contributed by atoms with van der Waals surface area (Å²) in [6, 6.07) is 6.89. The van der Waals surface area contributed by atoms with Crippen molar-refractivity contribution in [3.8, 4) is 5.75 Å². The zero-order chi connectivity index (χ0) is 12.3. The first-order valence-corrected chi connectivity index (χ1v) is 5.42. The lowest BCUT2D eigenvalue weighted by Crippen LogP contribution is -2.03. The van der Waals surface area contributed by atoms with Crippen LogP contribution in [-0.4, -0.2) is 15.8 Å². The van der Waals surface area contributed by atoms with E-state index in [4.69, 9.17) is 16.3 Å². The minimum atomic E-state index is 0.337. The van der Waals surface area contributed by atoms with E-state index in [9.17, 15) is 4.79 Å². The predicted octanol–water partition coefficient (Wildman–Crippen LogP) is 2.47. The first-order valence-electron chi connectivity index (χ1n) is 5.05. The summed E-state index contributed by atoms with van der Waals surface area (Å²) in [5.74, 6) is 1.43. The molecule has 0 saturated carbocycles. The normalized spacial score (nSPS) is 10.2. The Labute approximate surface area is 104 Å². The van der Waals surface area contributed by atoms with Gasteiger partial charge in [0.15, 0.2) is 0 Å². The molecule has 1 aromatic carbocycles. The molecule has 0 spiro atoms. The van der Waals surface area contributed by atoms with Crippen molar-refractivity contribution in [1.29, 1.82) is 0 Å². The van der Waals surface area contributed by atoms with Gasteiger partial charge >= 0.3 is 0 Å². The Kier molecular flexibility index (Phi) is 3.44. The molecule has 2 rings (SSSR count). The van der Waals surface area contributed by atoms with Crippen LogP contribution in [0.15, 0.2) is 30.5 Å². The zero-order valence-electron chi connectivity index (χ0n) is 9.26. The van der Waals surface area contributed by atoms with Crippen molar-refractivity contribution in [3.63, 3.8) is 0 Å². The summed E-state index contributed by atoms with van der Waals surface area (Å²) in [5, 5.41) is 0.569. The highest BCUT2D eigenvalue weighted by Gasteiger charge is 2.04. The highest BCUT2D eigenvalue weighted by molar-refractivity contribution is 6.29. The number of nitrogens with zero attached hydrogens (tertiary/aromatic N) is 2. The maximum absolute atomic E-state index is 10.5. The van der Waals surface area contributed by atoms with Crippen LogP contribution in [0.2, 0.25) is 5.15 Å². The van der Waals surface area contributed by atoms with Crippen LogP contribution in [0.1, 0.15) is 16.2 Å². The highest BCUT2D eigenvalue weighted by atomic mass is 35.5. The predicted molar refractivity (Wildman–Crippen MR) is 64.4 cm³/mol. The summed E-state index contributed by atoms with van der Waals surface area (Å²) < 4.78 is 7.28. The van der Waals surface area contributed by atoms with Gasteiger partial charge in [-0.15, -0.1) is 0 Å². The number of benzene rings is 1. The molecule has 0 aliphatic carbocycles. The van der Waals surface area contributed by atoms with Crippen LogP contribution in [0.25, 0.3) is 0 Å². The van der Waals surface area contributed by atoms with Gasteiger partial charge in [-0.3, -0.25) is 4.79 Å². The summed E-state index contributed by atoms with van der Waals surface area (Å²) in [5.41, 5.74) is 0.623. The third-order valence-corrected chi connectivity index (χ3v) is 2.76. The van der Waals surface area contributed by atoms with E-state index in [1.165, 1.54) is 0 Å². The molecule has 0 saturated heterocycles. The van der Waals surface area contributed by atoms with Crippen LogP contribution < -0.4 is 4.74 Å². The number of ether oxygens (including phenoxy) is 1. The SMILES string of the molecule is Cn1c(Cl)cnc1COc1ccc(C=O)cc1. The molecule has 2 aromatic rings. The van der Waals surface area contributed by atoms with E-state index < -0.39 is 0 Å². The molecule has 4 nitrogen and oxygen atoms in total. The Morgan fingerprint density at radius 3 is 2.65 bits per heavy atom. The monoisotopic (exact) mass is 250 g/mol. The number of imidazole rings is 1. The molecule has 0 atom stereocenters. The first-order chi connectivity index (χ1) is 8.20. The maximum Gasteiger partial charge on any atom is 0.150 e. The molecule has 0 unspecified atom stereocenters. The van der Waals surface area contributed by atoms with Crippen LogP contribution in [0.5, 0.6) is 5.75 Å². The van der Waals surface area contributed by atoms with Gasteiger partial charge in [0.05, 0.1) is 6.20 Å². The summed E-state index contributed by atoms with van der Waals surface area (Å²) in [6.45, 7) is 0.337. The lowest BCUT2D eigenvalue weighted by Gasteiger charge is -2.06. The van der Waals surface area contributed by atoms with Crippen molar-refractivity contribution < 1.29 is 9.53 Å². The third kappa shape index (κ3) is 2.65. The number of halogens is 1. The quantitative estimate of drug-likeness (QED) is 0.783. The van der Waals surface area contributed by atoms with E-state index in [2.05, 4.69) is 4.98 Å². The van der Waals surface area contributed by atoms with Gasteiger partial charge in [-0.05, 0) is 24.3 Å². The fourth-order valence-corrected chi connectivity index (χ4v) is 1.50. The Balaban J connectivity index is 2.02. The van der Waals surface area contributed by atoms with Crippen molar-refractivity contribution >= 4 is 17.9 Å². The van der Waals surface area contributed by atoms with Crippen molar-refractivity contribution in [2.75, 3.05) is 0 Å². The zero-order valence-corrected chi connectivity index (χ0v) is 10.0. The molecule has 1 aromatic heterocycles. The van der Waals surface area contributed by atoms with Crippen LogP contribution >= 0.6 is 11.6 Å². The van der Waals surface area contributed by atoms with Crippen molar-refractivity contribution in [1.82, 2.24) is 9.55 Å². The molecular formula is C12H11ClN2O2. The second-order valence-electron chi connectivity index (χ2n) is 3.53. The summed E-state index contributed by atoms with van der Waals surface area (Å²) >= 11 is 5.86. The van der Waals surface area contributed by atoms with Gasteiger partial charge in [-0.1, -0.05) is 11.6 Å². The number of carbonyl (C=O) groups excluding carboxylic acids is 1. The van der Waals surface area contributed by atoms with Gasteiger partial charge in [0.2, 0.25) is 0 Å². The molecule has 0 N–H and O–H groups in total. The standard InChI is InChI=1S/C12H11ClN2O2/c1-15-11(13)6-14-12(15)8-17-10-4-2-9(7-16)3-5-10/h2-7H,8H2,1H3. The fourth-order valence-electron chi connectivity index (χ4n) is 1.35. The second kappa shape index (κ2) is 5.01. The van der Waals surface area contributed by atoms with Gasteiger partial charge in [0, 0.05) is 12.6 Å².